The molecule has 0 amide bonds. The third kappa shape index (κ3) is 2.69. The van der Waals surface area contributed by atoms with Gasteiger partial charge in [0.25, 0.3) is 5.89 Å². The molecule has 0 atom stereocenters. The van der Waals surface area contributed by atoms with Crippen molar-refractivity contribution in [2.75, 3.05) is 0 Å². The van der Waals surface area contributed by atoms with Gasteiger partial charge in [0.2, 0.25) is 6.33 Å². The molecule has 0 aliphatic rings. The Labute approximate surface area is 95.5 Å². The third-order valence-electron chi connectivity index (χ3n) is 2.57. The number of benzene rings is 1. The third-order valence-corrected chi connectivity index (χ3v) is 2.57. The van der Waals surface area contributed by atoms with Crippen molar-refractivity contribution in [1.82, 2.24) is 10.1 Å². The Hall–Kier alpha value is -1.64. The van der Waals surface area contributed by atoms with Gasteiger partial charge in [-0.15, -0.1) is 0 Å². The molecule has 0 spiro atoms. The van der Waals surface area contributed by atoms with Gasteiger partial charge in [-0.25, -0.2) is 0 Å². The van der Waals surface area contributed by atoms with Crippen LogP contribution in [0.2, 0.25) is 0 Å². The van der Waals surface area contributed by atoms with Crippen molar-refractivity contribution in [1.29, 1.82) is 0 Å². The summed E-state index contributed by atoms with van der Waals surface area (Å²) in [7, 11) is 0. The van der Waals surface area contributed by atoms with Crippen LogP contribution in [0.3, 0.4) is 0 Å². The van der Waals surface area contributed by atoms with Crippen molar-refractivity contribution >= 4 is 0 Å². The Kier molecular flexibility index (Phi) is 3.70. The van der Waals surface area contributed by atoms with Gasteiger partial charge < -0.3 is 4.52 Å². The summed E-state index contributed by atoms with van der Waals surface area (Å²) in [6.45, 7) is 2.21. The fraction of sp³-hybridized carbons (Fsp3) is 0.385. The zero-order valence-corrected chi connectivity index (χ0v) is 9.44. The van der Waals surface area contributed by atoms with Crippen LogP contribution in [-0.4, -0.2) is 10.1 Å². The molecule has 0 aliphatic heterocycles. The van der Waals surface area contributed by atoms with Crippen molar-refractivity contribution in [3.8, 4) is 11.5 Å². The monoisotopic (exact) mass is 215 g/mol. The summed E-state index contributed by atoms with van der Waals surface area (Å²) < 4.78 is 4.98. The summed E-state index contributed by atoms with van der Waals surface area (Å²) in [6.07, 6.45) is 7.30. The number of aryl methyl sites for hydroxylation is 1. The van der Waals surface area contributed by atoms with Gasteiger partial charge in [0.1, 0.15) is 0 Å². The van der Waals surface area contributed by atoms with Gasteiger partial charge in [-0.1, -0.05) is 37.1 Å². The molecule has 0 saturated carbocycles. The minimum atomic E-state index is 0.539. The highest BCUT2D eigenvalue weighted by molar-refractivity contribution is 5.53. The van der Waals surface area contributed by atoms with Crippen molar-refractivity contribution in [2.24, 2.45) is 0 Å². The second-order valence-electron chi connectivity index (χ2n) is 3.86. The highest BCUT2D eigenvalue weighted by Crippen LogP contribution is 2.18. The first-order valence-corrected chi connectivity index (χ1v) is 5.69. The van der Waals surface area contributed by atoms with E-state index in [1.54, 1.807) is 0 Å². The standard InChI is InChI=1S/C13H15N2O/c1-2-3-4-6-11-7-5-8-12(9-11)13-14-10-15-16-13/h5,7-9H,2-4,6H2,1H3. The largest absolute Gasteiger partial charge is 0.333 e. The molecule has 16 heavy (non-hydrogen) atoms. The fourth-order valence-corrected chi connectivity index (χ4v) is 1.71. The Morgan fingerprint density at radius 2 is 2.25 bits per heavy atom. The lowest BCUT2D eigenvalue weighted by Crippen LogP contribution is -1.86. The number of rotatable bonds is 5. The minimum absolute atomic E-state index is 0.539. The average Bonchev–Trinajstić information content (AvgIpc) is 2.83. The van der Waals surface area contributed by atoms with Gasteiger partial charge in [-0.2, -0.15) is 4.98 Å². The Balaban J connectivity index is 2.08. The molecule has 2 rings (SSSR count). The Bertz CT molecular complexity index is 423. The molecule has 83 valence electrons. The number of aromatic nitrogens is 2. The van der Waals surface area contributed by atoms with Crippen LogP contribution < -0.4 is 0 Å². The highest BCUT2D eigenvalue weighted by atomic mass is 16.5. The van der Waals surface area contributed by atoms with Crippen molar-refractivity contribution < 1.29 is 4.52 Å². The lowest BCUT2D eigenvalue weighted by atomic mass is 10.0. The van der Waals surface area contributed by atoms with Crippen LogP contribution in [0.5, 0.6) is 0 Å². The molecule has 0 saturated heterocycles. The maximum Gasteiger partial charge on any atom is 0.258 e. The molecule has 3 heteroatoms. The summed E-state index contributed by atoms with van der Waals surface area (Å²) in [6, 6.07) is 8.25. The van der Waals surface area contributed by atoms with E-state index in [9.17, 15) is 0 Å². The summed E-state index contributed by atoms with van der Waals surface area (Å²) in [4.78, 5) is 3.92. The molecule has 1 heterocycles. The topological polar surface area (TPSA) is 38.9 Å². The minimum Gasteiger partial charge on any atom is -0.333 e. The lowest BCUT2D eigenvalue weighted by Gasteiger charge is -2.01. The van der Waals surface area contributed by atoms with E-state index in [2.05, 4.69) is 35.5 Å². The van der Waals surface area contributed by atoms with Gasteiger partial charge in [0.05, 0.1) is 0 Å². The lowest BCUT2D eigenvalue weighted by molar-refractivity contribution is 0.429. The zero-order chi connectivity index (χ0) is 11.2. The van der Waals surface area contributed by atoms with E-state index in [-0.39, 0.29) is 0 Å². The first kappa shape index (κ1) is 10.9. The first-order valence-electron chi connectivity index (χ1n) is 5.69. The molecule has 1 aromatic heterocycles. The molecule has 1 aromatic carbocycles. The van der Waals surface area contributed by atoms with Crippen LogP contribution >= 0.6 is 0 Å². The fourth-order valence-electron chi connectivity index (χ4n) is 1.71. The summed E-state index contributed by atoms with van der Waals surface area (Å²) in [5, 5.41) is 3.49. The Morgan fingerprint density at radius 1 is 1.31 bits per heavy atom. The van der Waals surface area contributed by atoms with Crippen LogP contribution in [0.15, 0.2) is 28.8 Å². The van der Waals surface area contributed by atoms with Crippen molar-refractivity contribution in [3.63, 3.8) is 0 Å². The zero-order valence-electron chi connectivity index (χ0n) is 9.44. The van der Waals surface area contributed by atoms with E-state index >= 15 is 0 Å². The molecule has 0 bridgehead atoms. The SMILES string of the molecule is CCCCCc1cccc(-c2n[c]no2)c1. The van der Waals surface area contributed by atoms with Crippen LogP contribution in [0, 0.1) is 6.33 Å². The first-order chi connectivity index (χ1) is 7.90. The molecule has 0 unspecified atom stereocenters. The van der Waals surface area contributed by atoms with E-state index in [1.807, 2.05) is 12.1 Å². The van der Waals surface area contributed by atoms with Gasteiger partial charge in [-0.05, 0) is 30.5 Å². The highest BCUT2D eigenvalue weighted by Gasteiger charge is 2.04. The predicted molar refractivity (Wildman–Crippen MR) is 61.8 cm³/mol. The van der Waals surface area contributed by atoms with Crippen LogP contribution in [0.1, 0.15) is 31.7 Å². The predicted octanol–water partition coefficient (Wildman–Crippen LogP) is 3.27. The molecule has 2 aromatic rings. The summed E-state index contributed by atoms with van der Waals surface area (Å²) in [5.41, 5.74) is 2.30. The molecule has 1 radical (unpaired) electrons. The number of hydrogen-bond acceptors (Lipinski definition) is 3. The molecular weight excluding hydrogens is 200 g/mol. The van der Waals surface area contributed by atoms with Gasteiger partial charge in [0, 0.05) is 5.56 Å². The van der Waals surface area contributed by atoms with E-state index < -0.39 is 0 Å². The molecule has 3 nitrogen and oxygen atoms in total. The maximum atomic E-state index is 4.98. The maximum absolute atomic E-state index is 4.98. The number of hydrogen-bond donors (Lipinski definition) is 0. The van der Waals surface area contributed by atoms with E-state index in [4.69, 9.17) is 4.52 Å². The van der Waals surface area contributed by atoms with Gasteiger partial charge in [0.15, 0.2) is 0 Å². The van der Waals surface area contributed by atoms with Crippen LogP contribution in [0.4, 0.5) is 0 Å². The van der Waals surface area contributed by atoms with Crippen LogP contribution in [0.25, 0.3) is 11.5 Å². The van der Waals surface area contributed by atoms with Gasteiger partial charge >= 0.3 is 0 Å². The quantitative estimate of drug-likeness (QED) is 0.718. The normalized spacial score (nSPS) is 10.6. The number of unbranched alkanes of at least 4 members (excludes halogenated alkanes) is 2. The molecular formula is C13H15N2O. The second kappa shape index (κ2) is 5.45. The van der Waals surface area contributed by atoms with E-state index in [0.29, 0.717) is 5.89 Å². The molecule has 0 fully saturated rings. The van der Waals surface area contributed by atoms with E-state index in [1.165, 1.54) is 24.8 Å². The molecule has 0 aliphatic carbocycles. The Morgan fingerprint density at radius 3 is 3.00 bits per heavy atom. The second-order valence-corrected chi connectivity index (χ2v) is 3.86. The van der Waals surface area contributed by atoms with E-state index in [0.717, 1.165) is 12.0 Å². The van der Waals surface area contributed by atoms with Crippen molar-refractivity contribution in [3.05, 3.63) is 36.2 Å². The van der Waals surface area contributed by atoms with Crippen LogP contribution in [-0.2, 0) is 6.42 Å². The average molecular weight is 215 g/mol. The summed E-state index contributed by atoms with van der Waals surface area (Å²) in [5.74, 6) is 0.539. The number of nitrogens with zero attached hydrogens (tertiary/aromatic N) is 2. The molecule has 0 N–H and O–H groups in total. The van der Waals surface area contributed by atoms with Crippen molar-refractivity contribution in [2.45, 2.75) is 32.6 Å². The summed E-state index contributed by atoms with van der Waals surface area (Å²) >= 11 is 0. The smallest absolute Gasteiger partial charge is 0.258 e. The van der Waals surface area contributed by atoms with Gasteiger partial charge in [-0.3, -0.25) is 0 Å².